The number of imidazole rings is 1. The third kappa shape index (κ3) is 4.14. The van der Waals surface area contributed by atoms with Crippen LogP contribution in [0.1, 0.15) is 5.69 Å². The maximum atomic E-state index is 11.8. The molecule has 1 amide bonds. The van der Waals surface area contributed by atoms with Crippen LogP contribution >= 0.6 is 11.8 Å². The minimum atomic E-state index is -0.444. The highest BCUT2D eigenvalue weighted by Gasteiger charge is 2.19. The predicted octanol–water partition coefficient (Wildman–Crippen LogP) is 2.72. The van der Waals surface area contributed by atoms with Crippen molar-refractivity contribution in [2.45, 2.75) is 6.54 Å². The topological polar surface area (TPSA) is 79.5 Å². The summed E-state index contributed by atoms with van der Waals surface area (Å²) in [5.41, 5.74) is 2.65. The van der Waals surface area contributed by atoms with E-state index in [0.717, 1.165) is 29.4 Å². The Balaban J connectivity index is 1.69. The van der Waals surface area contributed by atoms with Gasteiger partial charge in [0.05, 0.1) is 30.8 Å². The third-order valence-corrected chi connectivity index (χ3v) is 4.18. The molecule has 1 aliphatic rings. The molecule has 1 aliphatic heterocycles. The fraction of sp³-hybridized carbons (Fsp3) is 0.375. The SMILES string of the molecule is CSCCOC(=O)Nc1ccc2c(c1)N(Cc1cnc[nH]1)CCO2. The maximum absolute atomic E-state index is 11.8. The molecule has 0 fully saturated rings. The number of fused-ring (bicyclic) bond motifs is 1. The smallest absolute Gasteiger partial charge is 0.411 e. The Morgan fingerprint density at radius 3 is 3.25 bits per heavy atom. The van der Waals surface area contributed by atoms with E-state index >= 15 is 0 Å². The van der Waals surface area contributed by atoms with Crippen LogP contribution < -0.4 is 15.0 Å². The van der Waals surface area contributed by atoms with Gasteiger partial charge in [0.2, 0.25) is 0 Å². The summed E-state index contributed by atoms with van der Waals surface area (Å²) in [7, 11) is 0. The summed E-state index contributed by atoms with van der Waals surface area (Å²) >= 11 is 1.63. The van der Waals surface area contributed by atoms with Crippen molar-refractivity contribution in [3.63, 3.8) is 0 Å². The van der Waals surface area contributed by atoms with E-state index < -0.39 is 6.09 Å². The lowest BCUT2D eigenvalue weighted by Gasteiger charge is -2.31. The summed E-state index contributed by atoms with van der Waals surface area (Å²) in [6.07, 6.45) is 5.00. The van der Waals surface area contributed by atoms with Gasteiger partial charge in [-0.05, 0) is 24.5 Å². The predicted molar refractivity (Wildman–Crippen MR) is 94.9 cm³/mol. The van der Waals surface area contributed by atoms with Crippen LogP contribution in [0.4, 0.5) is 16.2 Å². The first-order chi connectivity index (χ1) is 11.8. The van der Waals surface area contributed by atoms with Crippen LogP contribution in [0.25, 0.3) is 0 Å². The van der Waals surface area contributed by atoms with Crippen molar-refractivity contribution in [1.82, 2.24) is 9.97 Å². The molecule has 0 aliphatic carbocycles. The summed E-state index contributed by atoms with van der Waals surface area (Å²) in [6, 6.07) is 5.58. The van der Waals surface area contributed by atoms with Crippen molar-refractivity contribution in [3.8, 4) is 5.75 Å². The molecule has 2 heterocycles. The number of amides is 1. The highest BCUT2D eigenvalue weighted by Crippen LogP contribution is 2.34. The van der Waals surface area contributed by atoms with E-state index in [1.54, 1.807) is 24.3 Å². The molecule has 8 heteroatoms. The van der Waals surface area contributed by atoms with Crippen LogP contribution in [0.2, 0.25) is 0 Å². The zero-order valence-electron chi connectivity index (χ0n) is 13.4. The number of carbonyl (C=O) groups is 1. The lowest BCUT2D eigenvalue weighted by atomic mass is 10.2. The van der Waals surface area contributed by atoms with Crippen molar-refractivity contribution >= 4 is 29.2 Å². The highest BCUT2D eigenvalue weighted by molar-refractivity contribution is 7.98. The van der Waals surface area contributed by atoms with Gasteiger partial charge in [-0.3, -0.25) is 5.32 Å². The zero-order chi connectivity index (χ0) is 16.8. The van der Waals surface area contributed by atoms with E-state index in [1.165, 1.54) is 0 Å². The van der Waals surface area contributed by atoms with Crippen molar-refractivity contribution in [3.05, 3.63) is 36.4 Å². The molecule has 1 aromatic heterocycles. The average Bonchev–Trinajstić information content (AvgIpc) is 3.09. The number of nitrogens with zero attached hydrogens (tertiary/aromatic N) is 2. The van der Waals surface area contributed by atoms with Crippen LogP contribution in [-0.2, 0) is 11.3 Å². The molecule has 0 bridgehead atoms. The summed E-state index contributed by atoms with van der Waals surface area (Å²) < 4.78 is 10.8. The van der Waals surface area contributed by atoms with Gasteiger partial charge in [-0.1, -0.05) is 0 Å². The molecule has 24 heavy (non-hydrogen) atoms. The van der Waals surface area contributed by atoms with Gasteiger partial charge in [0, 0.05) is 17.6 Å². The van der Waals surface area contributed by atoms with Crippen LogP contribution in [0, 0.1) is 0 Å². The van der Waals surface area contributed by atoms with Gasteiger partial charge < -0.3 is 19.4 Å². The number of nitrogens with one attached hydrogen (secondary N) is 2. The Bertz CT molecular complexity index is 678. The minimum Gasteiger partial charge on any atom is -0.490 e. The second-order valence-electron chi connectivity index (χ2n) is 5.28. The number of anilines is 2. The second kappa shape index (κ2) is 7.96. The molecule has 3 rings (SSSR count). The number of H-pyrrole nitrogens is 1. The molecule has 0 radical (unpaired) electrons. The number of benzene rings is 1. The Morgan fingerprint density at radius 1 is 1.54 bits per heavy atom. The lowest BCUT2D eigenvalue weighted by molar-refractivity contribution is 0.169. The van der Waals surface area contributed by atoms with E-state index in [1.807, 2.05) is 24.5 Å². The number of aromatic amines is 1. The van der Waals surface area contributed by atoms with Gasteiger partial charge in [0.15, 0.2) is 0 Å². The van der Waals surface area contributed by atoms with E-state index in [0.29, 0.717) is 25.4 Å². The Morgan fingerprint density at radius 2 is 2.46 bits per heavy atom. The highest BCUT2D eigenvalue weighted by atomic mass is 32.2. The summed E-state index contributed by atoms with van der Waals surface area (Å²) in [6.45, 7) is 2.50. The Kier molecular flexibility index (Phi) is 5.47. The summed E-state index contributed by atoms with van der Waals surface area (Å²) in [4.78, 5) is 21.1. The number of thioether (sulfide) groups is 1. The normalized spacial score (nSPS) is 13.1. The first-order valence-corrected chi connectivity index (χ1v) is 9.07. The van der Waals surface area contributed by atoms with Crippen LogP contribution in [0.3, 0.4) is 0 Å². The Hall–Kier alpha value is -2.35. The quantitative estimate of drug-likeness (QED) is 0.782. The van der Waals surface area contributed by atoms with Crippen molar-refractivity contribution in [1.29, 1.82) is 0 Å². The first kappa shape index (κ1) is 16.5. The van der Waals surface area contributed by atoms with Crippen LogP contribution in [0.15, 0.2) is 30.7 Å². The lowest BCUT2D eigenvalue weighted by Crippen LogP contribution is -2.32. The van der Waals surface area contributed by atoms with Gasteiger partial charge >= 0.3 is 6.09 Å². The molecule has 2 aromatic rings. The molecule has 0 saturated heterocycles. The molecular weight excluding hydrogens is 328 g/mol. The number of aromatic nitrogens is 2. The molecule has 2 N–H and O–H groups in total. The van der Waals surface area contributed by atoms with Gasteiger partial charge in [0.1, 0.15) is 19.0 Å². The molecule has 0 unspecified atom stereocenters. The number of rotatable bonds is 6. The van der Waals surface area contributed by atoms with E-state index in [2.05, 4.69) is 20.2 Å². The van der Waals surface area contributed by atoms with Crippen LogP contribution in [0.5, 0.6) is 5.75 Å². The number of ether oxygens (including phenoxy) is 2. The first-order valence-electron chi connectivity index (χ1n) is 7.68. The number of hydrogen-bond donors (Lipinski definition) is 2. The molecule has 1 aromatic carbocycles. The minimum absolute atomic E-state index is 0.396. The number of hydrogen-bond acceptors (Lipinski definition) is 6. The van der Waals surface area contributed by atoms with Gasteiger partial charge in [-0.15, -0.1) is 0 Å². The molecule has 0 atom stereocenters. The monoisotopic (exact) mass is 348 g/mol. The van der Waals surface area contributed by atoms with Crippen molar-refractivity contribution in [2.24, 2.45) is 0 Å². The van der Waals surface area contributed by atoms with Crippen molar-refractivity contribution in [2.75, 3.05) is 42.0 Å². The molecular formula is C16H20N4O3S. The molecule has 0 saturated carbocycles. The van der Waals surface area contributed by atoms with E-state index in [9.17, 15) is 4.79 Å². The van der Waals surface area contributed by atoms with Crippen LogP contribution in [-0.4, -0.2) is 47.8 Å². The summed E-state index contributed by atoms with van der Waals surface area (Å²) in [5, 5.41) is 2.76. The third-order valence-electron chi connectivity index (χ3n) is 3.60. The fourth-order valence-corrected chi connectivity index (χ4v) is 2.71. The van der Waals surface area contributed by atoms with Crippen molar-refractivity contribution < 1.29 is 14.3 Å². The van der Waals surface area contributed by atoms with E-state index in [-0.39, 0.29) is 0 Å². The Labute approximate surface area is 144 Å². The second-order valence-corrected chi connectivity index (χ2v) is 6.27. The average molecular weight is 348 g/mol. The molecule has 0 spiro atoms. The summed E-state index contributed by atoms with van der Waals surface area (Å²) in [5.74, 6) is 1.59. The standard InChI is InChI=1S/C16H20N4O3S/c1-24-7-6-23-16(21)19-12-2-3-15-14(8-12)20(4-5-22-15)10-13-9-17-11-18-13/h2-3,8-9,11H,4-7,10H2,1H3,(H,17,18)(H,19,21). The number of carbonyl (C=O) groups excluding carboxylic acids is 1. The largest absolute Gasteiger partial charge is 0.490 e. The molecule has 7 nitrogen and oxygen atoms in total. The van der Waals surface area contributed by atoms with Gasteiger partial charge in [-0.25, -0.2) is 9.78 Å². The zero-order valence-corrected chi connectivity index (χ0v) is 14.3. The fourth-order valence-electron chi connectivity index (χ4n) is 2.46. The van der Waals surface area contributed by atoms with Gasteiger partial charge in [-0.2, -0.15) is 11.8 Å². The maximum Gasteiger partial charge on any atom is 0.411 e. The van der Waals surface area contributed by atoms with Gasteiger partial charge in [0.25, 0.3) is 0 Å². The molecule has 128 valence electrons. The van der Waals surface area contributed by atoms with E-state index in [4.69, 9.17) is 9.47 Å².